The molecule has 2 aromatic carbocycles. The van der Waals surface area contributed by atoms with Crippen LogP contribution in [-0.4, -0.2) is 48.1 Å². The molecule has 10 heteroatoms. The summed E-state index contributed by atoms with van der Waals surface area (Å²) < 4.78 is 10.9. The van der Waals surface area contributed by atoms with E-state index in [0.29, 0.717) is 29.9 Å². The zero-order valence-electron chi connectivity index (χ0n) is 20.9. The highest BCUT2D eigenvalue weighted by atomic mass is 35.5. The normalized spacial score (nSPS) is 19.6. The van der Waals surface area contributed by atoms with Gasteiger partial charge < -0.3 is 14.8 Å². The zero-order chi connectivity index (χ0) is 25.8. The third-order valence-corrected chi connectivity index (χ3v) is 6.55. The number of non-ortho nitro benzene ring substituents is 1. The second kappa shape index (κ2) is 12.0. The quantitative estimate of drug-likeness (QED) is 0.323. The molecule has 0 bridgehead atoms. The lowest BCUT2D eigenvalue weighted by Crippen LogP contribution is -2.34. The van der Waals surface area contributed by atoms with Gasteiger partial charge >= 0.3 is 11.9 Å². The highest BCUT2D eigenvalue weighted by molar-refractivity contribution is 6.00. The van der Waals surface area contributed by atoms with Crippen molar-refractivity contribution in [2.75, 3.05) is 20.2 Å². The molecule has 2 heterocycles. The number of nitrogens with zero attached hydrogens (tertiary/aromatic N) is 2. The van der Waals surface area contributed by atoms with Crippen LogP contribution in [0, 0.1) is 10.1 Å². The third kappa shape index (κ3) is 6.18. The second-order valence-corrected chi connectivity index (χ2v) is 9.02. The molecular weight excluding hydrogens is 498 g/mol. The molecule has 2 atom stereocenters. The molecule has 1 fully saturated rings. The highest BCUT2D eigenvalue weighted by Crippen LogP contribution is 2.40. The Balaban J connectivity index is 0.00000380. The fourth-order valence-corrected chi connectivity index (χ4v) is 4.89. The number of nitrogens with one attached hydrogen (secondary N) is 1. The number of esters is 2. The first kappa shape index (κ1) is 27.9. The minimum Gasteiger partial charge on any atom is -0.466 e. The lowest BCUT2D eigenvalue weighted by atomic mass is 9.80. The lowest BCUT2D eigenvalue weighted by Gasteiger charge is -2.30. The molecule has 37 heavy (non-hydrogen) atoms. The number of carbonyl (C=O) groups excluding carboxylic acids is 2. The first-order valence-corrected chi connectivity index (χ1v) is 11.8. The van der Waals surface area contributed by atoms with Crippen molar-refractivity contribution in [1.29, 1.82) is 0 Å². The van der Waals surface area contributed by atoms with Crippen LogP contribution in [0.5, 0.6) is 0 Å². The standard InChI is InChI=1S/C27H29N3O6.ClH/c1-17-23(26(31)35-3)25(20-10-7-11-21(14-20)30(33)34)24(18(2)28-17)27(32)36-22-12-13-29(16-22)15-19-8-5-4-6-9-19;/h4-11,14,22,25,28H,12-13,15-16H2,1-3H3;1H/t22-,25?;/m0./s1. The smallest absolute Gasteiger partial charge is 0.337 e. The van der Waals surface area contributed by atoms with Crippen molar-refractivity contribution in [3.63, 3.8) is 0 Å². The Kier molecular flexibility index (Phi) is 9.07. The van der Waals surface area contributed by atoms with Gasteiger partial charge in [0.1, 0.15) is 6.10 Å². The number of allylic oxidation sites excluding steroid dienone is 2. The summed E-state index contributed by atoms with van der Waals surface area (Å²) in [5, 5.41) is 14.5. The zero-order valence-corrected chi connectivity index (χ0v) is 21.7. The molecular formula is C27H30ClN3O6. The maximum atomic E-state index is 13.5. The molecule has 1 N–H and O–H groups in total. The molecule has 2 aromatic rings. The van der Waals surface area contributed by atoms with Crippen molar-refractivity contribution in [2.24, 2.45) is 0 Å². The molecule has 0 aromatic heterocycles. The number of rotatable bonds is 7. The molecule has 0 radical (unpaired) electrons. The Morgan fingerprint density at radius 2 is 1.73 bits per heavy atom. The molecule has 0 amide bonds. The molecule has 1 unspecified atom stereocenters. The van der Waals surface area contributed by atoms with Gasteiger partial charge in [-0.2, -0.15) is 0 Å². The Labute approximate surface area is 221 Å². The minimum absolute atomic E-state index is 0. The largest absolute Gasteiger partial charge is 0.466 e. The van der Waals surface area contributed by atoms with Crippen molar-refractivity contribution in [3.8, 4) is 0 Å². The number of carbonyl (C=O) groups is 2. The number of methoxy groups -OCH3 is 1. The van der Waals surface area contributed by atoms with Crippen molar-refractivity contribution in [1.82, 2.24) is 10.2 Å². The second-order valence-electron chi connectivity index (χ2n) is 9.02. The van der Waals surface area contributed by atoms with Crippen molar-refractivity contribution >= 4 is 30.0 Å². The van der Waals surface area contributed by atoms with Gasteiger partial charge in [0.05, 0.1) is 29.1 Å². The number of hydrogen-bond acceptors (Lipinski definition) is 8. The van der Waals surface area contributed by atoms with Crippen molar-refractivity contribution in [3.05, 3.63) is 98.4 Å². The van der Waals surface area contributed by atoms with E-state index in [1.165, 1.54) is 30.9 Å². The van der Waals surface area contributed by atoms with Gasteiger partial charge in [0, 0.05) is 43.2 Å². The number of nitro groups is 1. The van der Waals surface area contributed by atoms with Gasteiger partial charge in [-0.05, 0) is 31.4 Å². The molecule has 4 rings (SSSR count). The predicted octanol–water partition coefficient (Wildman–Crippen LogP) is 4.24. The monoisotopic (exact) mass is 527 g/mol. The summed E-state index contributed by atoms with van der Waals surface area (Å²) in [6.45, 7) is 5.60. The van der Waals surface area contributed by atoms with Crippen LogP contribution < -0.4 is 5.32 Å². The number of halogens is 1. The number of benzene rings is 2. The molecule has 2 aliphatic rings. The SMILES string of the molecule is COC(=O)C1=C(C)NC(C)=C(C(=O)O[C@H]2CCN(Cc3ccccc3)C2)C1c1cccc([N+](=O)[O-])c1.Cl. The molecule has 0 spiro atoms. The van der Waals surface area contributed by atoms with Crippen LogP contribution in [0.3, 0.4) is 0 Å². The van der Waals surface area contributed by atoms with Crippen molar-refractivity contribution < 1.29 is 24.0 Å². The number of dihydropyridines is 1. The van der Waals surface area contributed by atoms with E-state index in [1.807, 2.05) is 18.2 Å². The Bertz CT molecular complexity index is 1240. The van der Waals surface area contributed by atoms with Gasteiger partial charge in [-0.25, -0.2) is 9.59 Å². The van der Waals surface area contributed by atoms with E-state index in [0.717, 1.165) is 13.1 Å². The molecule has 196 valence electrons. The van der Waals surface area contributed by atoms with Gasteiger partial charge in [0.15, 0.2) is 0 Å². The van der Waals surface area contributed by atoms with Gasteiger partial charge in [-0.1, -0.05) is 42.5 Å². The number of ether oxygens (including phenoxy) is 2. The summed E-state index contributed by atoms with van der Waals surface area (Å²) in [4.78, 5) is 39.5. The Morgan fingerprint density at radius 1 is 1.05 bits per heavy atom. The topological polar surface area (TPSA) is 111 Å². The summed E-state index contributed by atoms with van der Waals surface area (Å²) in [5.41, 5.74) is 2.99. The van der Waals surface area contributed by atoms with Gasteiger partial charge in [0.2, 0.25) is 0 Å². The maximum absolute atomic E-state index is 13.5. The number of hydrogen-bond donors (Lipinski definition) is 1. The first-order valence-electron chi connectivity index (χ1n) is 11.8. The fourth-order valence-electron chi connectivity index (χ4n) is 4.89. The van der Waals surface area contributed by atoms with Gasteiger partial charge in [-0.15, -0.1) is 12.4 Å². The van der Waals surface area contributed by atoms with E-state index in [4.69, 9.17) is 9.47 Å². The molecule has 9 nitrogen and oxygen atoms in total. The molecule has 0 saturated carbocycles. The van der Waals surface area contributed by atoms with E-state index in [2.05, 4.69) is 22.3 Å². The number of nitro benzene ring substituents is 1. The van der Waals surface area contributed by atoms with E-state index < -0.39 is 22.8 Å². The van der Waals surface area contributed by atoms with E-state index >= 15 is 0 Å². The van der Waals surface area contributed by atoms with Crippen LogP contribution in [0.25, 0.3) is 0 Å². The van der Waals surface area contributed by atoms with Gasteiger partial charge in [0.25, 0.3) is 5.69 Å². The molecule has 2 aliphatic heterocycles. The maximum Gasteiger partial charge on any atom is 0.337 e. The average Bonchev–Trinajstić information content (AvgIpc) is 3.30. The van der Waals surface area contributed by atoms with Crippen LogP contribution >= 0.6 is 12.4 Å². The van der Waals surface area contributed by atoms with E-state index in [9.17, 15) is 19.7 Å². The molecule has 0 aliphatic carbocycles. The third-order valence-electron chi connectivity index (χ3n) is 6.55. The van der Waals surface area contributed by atoms with Crippen LogP contribution in [0.1, 0.15) is 37.3 Å². The van der Waals surface area contributed by atoms with E-state index in [1.54, 1.807) is 19.9 Å². The lowest BCUT2D eigenvalue weighted by molar-refractivity contribution is -0.384. The minimum atomic E-state index is -0.868. The van der Waals surface area contributed by atoms with Gasteiger partial charge in [-0.3, -0.25) is 15.0 Å². The van der Waals surface area contributed by atoms with Crippen LogP contribution in [-0.2, 0) is 25.6 Å². The van der Waals surface area contributed by atoms with Crippen LogP contribution in [0.15, 0.2) is 77.1 Å². The summed E-state index contributed by atoms with van der Waals surface area (Å²) in [7, 11) is 1.26. The summed E-state index contributed by atoms with van der Waals surface area (Å²) in [5.74, 6) is -2.05. The fraction of sp³-hybridized carbons (Fsp3) is 0.333. The van der Waals surface area contributed by atoms with Crippen LogP contribution in [0.4, 0.5) is 5.69 Å². The Hall–Kier alpha value is -3.69. The average molecular weight is 528 g/mol. The summed E-state index contributed by atoms with van der Waals surface area (Å²) >= 11 is 0. The predicted molar refractivity (Wildman–Crippen MR) is 140 cm³/mol. The van der Waals surface area contributed by atoms with Crippen molar-refractivity contribution in [2.45, 2.75) is 38.8 Å². The van der Waals surface area contributed by atoms with E-state index in [-0.39, 0.29) is 35.3 Å². The molecule has 1 saturated heterocycles. The summed E-state index contributed by atoms with van der Waals surface area (Å²) in [6, 6.07) is 16.0. The highest BCUT2D eigenvalue weighted by Gasteiger charge is 2.39. The first-order chi connectivity index (χ1) is 17.3. The van der Waals surface area contributed by atoms with Crippen LogP contribution in [0.2, 0.25) is 0 Å². The summed E-state index contributed by atoms with van der Waals surface area (Å²) in [6.07, 6.45) is 0.388. The number of likely N-dealkylation sites (tertiary alicyclic amines) is 1. The Morgan fingerprint density at radius 3 is 2.38 bits per heavy atom.